The van der Waals surface area contributed by atoms with Gasteiger partial charge in [-0.1, -0.05) is 75.2 Å². The van der Waals surface area contributed by atoms with E-state index in [0.29, 0.717) is 18.2 Å². The number of hydrogen-bond acceptors (Lipinski definition) is 8. The molecule has 6 heterocycles. The zero-order valence-corrected chi connectivity index (χ0v) is 47.2. The summed E-state index contributed by atoms with van der Waals surface area (Å²) in [7, 11) is 0. The fraction of sp³-hybridized carbons (Fsp3) is 0.531. The number of H-pyrrole nitrogens is 2. The van der Waals surface area contributed by atoms with Crippen molar-refractivity contribution in [2.75, 3.05) is 0 Å². The van der Waals surface area contributed by atoms with Crippen molar-refractivity contribution in [1.82, 2.24) is 40.4 Å². The number of benzene rings is 4. The first-order valence-corrected chi connectivity index (χ1v) is 29.5. The molecule has 4 aliphatic heterocycles. The lowest BCUT2D eigenvalue weighted by atomic mass is 9.68. The number of piperidine rings is 2. The summed E-state index contributed by atoms with van der Waals surface area (Å²) in [5.74, 6) is 1.77. The molecule has 17 heteroatoms. The van der Waals surface area contributed by atoms with Crippen molar-refractivity contribution < 1.29 is 41.8 Å². The number of nitrogens with zero attached hydrogens (tertiary/aromatic N) is 4. The first-order chi connectivity index (χ1) is 38.6. The number of alkyl carbamates (subject to hydrolysis) is 2. The Morgan fingerprint density at radius 2 is 1.04 bits per heavy atom. The molecule has 0 radical (unpaired) electrons. The minimum atomic E-state index is -4.78. The van der Waals surface area contributed by atoms with Crippen LogP contribution in [0.4, 0.5) is 22.8 Å². The Bertz CT molecular complexity index is 3510. The number of imidazole rings is 2. The van der Waals surface area contributed by atoms with Crippen molar-refractivity contribution in [3.8, 4) is 22.3 Å². The average molecular weight is 1110 g/mol. The minimum absolute atomic E-state index is 0.00738. The summed E-state index contributed by atoms with van der Waals surface area (Å²) < 4.78 is 51.6. The number of halogens is 3. The van der Waals surface area contributed by atoms with Gasteiger partial charge >= 0.3 is 18.4 Å². The fourth-order valence-corrected chi connectivity index (χ4v) is 15.8. The molecule has 4 amide bonds. The molecule has 14 nitrogen and oxygen atoms in total. The maximum absolute atomic E-state index is 14.6. The summed E-state index contributed by atoms with van der Waals surface area (Å²) in [6.45, 7) is 11.1. The number of amides is 4. The number of hydrogen-bond donors (Lipinski definition) is 4. The van der Waals surface area contributed by atoms with Crippen LogP contribution in [0.15, 0.2) is 72.8 Å². The van der Waals surface area contributed by atoms with Crippen LogP contribution in [0, 0.1) is 35.5 Å². The third-order valence-electron chi connectivity index (χ3n) is 19.8. The van der Waals surface area contributed by atoms with E-state index in [0.717, 1.165) is 123 Å². The highest BCUT2D eigenvalue weighted by Gasteiger charge is 2.60. The number of nitrogens with one attached hydrogen (secondary N) is 4. The molecule has 4 aromatic carbocycles. The number of aromatic nitrogens is 4. The zero-order valence-electron chi connectivity index (χ0n) is 47.2. The monoisotopic (exact) mass is 1110 g/mol. The number of aryl methyl sites for hydroxylation is 4. The quantitative estimate of drug-likeness (QED) is 0.122. The molecule has 426 valence electrons. The molecule has 2 aromatic heterocycles. The van der Waals surface area contributed by atoms with Gasteiger partial charge in [-0.3, -0.25) is 9.59 Å². The van der Waals surface area contributed by atoms with Crippen molar-refractivity contribution in [2.45, 2.75) is 179 Å². The van der Waals surface area contributed by atoms with E-state index in [1.807, 2.05) is 38.7 Å². The second-order valence-electron chi connectivity index (χ2n) is 26.2. The maximum Gasteiger partial charge on any atom is 0.427 e. The Kier molecular flexibility index (Phi) is 12.9. The second kappa shape index (κ2) is 19.6. The zero-order chi connectivity index (χ0) is 56.6. The maximum atomic E-state index is 14.6. The molecule has 4 saturated heterocycles. The van der Waals surface area contributed by atoms with Crippen LogP contribution in [0.2, 0.25) is 0 Å². The van der Waals surface area contributed by atoms with Crippen LogP contribution in [0.25, 0.3) is 44.3 Å². The number of carbonyl (C=O) groups is 4. The molecule has 4 N–H and O–H groups in total. The molecule has 6 fully saturated rings. The number of ether oxygens (including phenoxy) is 2. The van der Waals surface area contributed by atoms with Crippen LogP contribution in [0.1, 0.15) is 146 Å². The number of carbonyl (C=O) groups excluding carboxylic acids is 4. The first kappa shape index (κ1) is 53.4. The summed E-state index contributed by atoms with van der Waals surface area (Å²) in [5, 5.41) is 5.54. The Balaban J connectivity index is 0.737. The van der Waals surface area contributed by atoms with E-state index in [1.165, 1.54) is 33.4 Å². The van der Waals surface area contributed by atoms with E-state index in [1.54, 1.807) is 0 Å². The van der Waals surface area contributed by atoms with Crippen LogP contribution >= 0.6 is 0 Å². The predicted octanol–water partition coefficient (Wildman–Crippen LogP) is 12.4. The highest BCUT2D eigenvalue weighted by atomic mass is 19.4. The topological polar surface area (TPSA) is 175 Å². The summed E-state index contributed by atoms with van der Waals surface area (Å²) in [5.41, 5.74) is 9.49. The Hall–Kier alpha value is -6.91. The molecule has 6 aliphatic carbocycles. The highest BCUT2D eigenvalue weighted by molar-refractivity contribution is 5.90. The van der Waals surface area contributed by atoms with Crippen LogP contribution in [-0.2, 0) is 44.7 Å². The standard InChI is InChI=1S/C64H73F3N8O6/c1-32-42-12-8-10-40-30-50(74(54(40)42)58(76)52(32)72-60(78)80-62(3,4)5)56-68-46-24-22-38(28-48(46)70-56)44-26-34-14-18-36(44)19-15-35-17-21-37(20-16-34)45(27-35)39-23-25-47-49(29-39)71-57(69-47)51-31-41-11-9-13-43-33(2)53(59(77)75(51)55(41)43)73-61(79)81-63(6,7)64(65,66)67/h14,17-18,21-29,32-33,40-43,50-55H,8-13,15-16,19-20,30-31H2,1-7H3,(H,68,70)(H,69,71)(H,72,78)(H,73,79)/t32?,33?,40-,41-,42?,43?,50-,51-,52-,53-,54+,55+/m0/s1. The van der Waals surface area contributed by atoms with Crippen LogP contribution in [0.3, 0.4) is 0 Å². The van der Waals surface area contributed by atoms with E-state index in [-0.39, 0.29) is 65.6 Å². The van der Waals surface area contributed by atoms with Crippen molar-refractivity contribution in [1.29, 1.82) is 0 Å². The summed E-state index contributed by atoms with van der Waals surface area (Å²) in [4.78, 5) is 76.7. The van der Waals surface area contributed by atoms with Gasteiger partial charge in [0.05, 0.1) is 34.2 Å². The molecular weight excluding hydrogens is 1030 g/mol. The lowest BCUT2D eigenvalue weighted by Crippen LogP contribution is -2.64. The normalized spacial score (nSPS) is 29.1. The molecule has 0 spiro atoms. The van der Waals surface area contributed by atoms with Crippen LogP contribution in [0.5, 0.6) is 0 Å². The minimum Gasteiger partial charge on any atom is -0.444 e. The molecular formula is C64H73F3N8O6. The van der Waals surface area contributed by atoms with Crippen molar-refractivity contribution >= 4 is 46.1 Å². The van der Waals surface area contributed by atoms with Crippen molar-refractivity contribution in [3.63, 3.8) is 0 Å². The third-order valence-corrected chi connectivity index (χ3v) is 19.8. The van der Waals surface area contributed by atoms with Gasteiger partial charge in [-0.25, -0.2) is 19.6 Å². The smallest absolute Gasteiger partial charge is 0.427 e. The van der Waals surface area contributed by atoms with Gasteiger partial charge in [-0.2, -0.15) is 13.2 Å². The van der Waals surface area contributed by atoms with E-state index in [9.17, 15) is 32.3 Å². The molecule has 2 saturated carbocycles. The van der Waals surface area contributed by atoms with E-state index >= 15 is 0 Å². The molecule has 12 atom stereocenters. The summed E-state index contributed by atoms with van der Waals surface area (Å²) in [6.07, 6.45) is 4.23. The number of alkyl halides is 3. The highest BCUT2D eigenvalue weighted by Crippen LogP contribution is 2.55. The van der Waals surface area contributed by atoms with Crippen LogP contribution in [-0.4, -0.2) is 95.3 Å². The largest absolute Gasteiger partial charge is 0.444 e. The van der Waals surface area contributed by atoms with Gasteiger partial charge in [0.25, 0.3) is 0 Å². The number of rotatable bonds is 7. The van der Waals surface area contributed by atoms with Gasteiger partial charge in [0.1, 0.15) is 29.3 Å². The van der Waals surface area contributed by atoms with Gasteiger partial charge in [0, 0.05) is 12.1 Å². The SMILES string of the molecule is CC1C2CCC[C@H]3C[C@@H](c4nc5ccc(-c6cc7ccc6CCc6ccc(c(-c8ccc9nc([C@@H]%10C[C@@H]%11CCCC%12C(C)[C@H](NC(=O)OC(C)(C)C(F)(F)F)C(=O)N%10[C@@H]%12%11)[nH]c9c8)c6)CC7)cc5[nH]4)N(C(=O)[C@H]1NC(=O)OC(C)(C)C)[C@@H]23. The molecule has 81 heavy (non-hydrogen) atoms. The fourth-order valence-electron chi connectivity index (χ4n) is 15.8. The van der Waals surface area contributed by atoms with E-state index < -0.39 is 41.6 Å². The summed E-state index contributed by atoms with van der Waals surface area (Å²) in [6, 6.07) is 24.3. The van der Waals surface area contributed by atoms with Gasteiger partial charge in [-0.05, 0) is 203 Å². The summed E-state index contributed by atoms with van der Waals surface area (Å²) >= 11 is 0. The van der Waals surface area contributed by atoms with Crippen molar-refractivity contribution in [3.05, 3.63) is 107 Å². The molecule has 10 aliphatic rings. The predicted molar refractivity (Wildman–Crippen MR) is 301 cm³/mol. The molecule has 16 rings (SSSR count). The molecule has 4 unspecified atom stereocenters. The number of aromatic amines is 2. The van der Waals surface area contributed by atoms with E-state index in [2.05, 4.69) is 99.2 Å². The average Bonchev–Trinajstić information content (AvgIpc) is 3.52. The third kappa shape index (κ3) is 9.41. The Labute approximate surface area is 470 Å². The lowest BCUT2D eigenvalue weighted by Gasteiger charge is -2.49. The Morgan fingerprint density at radius 3 is 1.47 bits per heavy atom. The van der Waals surface area contributed by atoms with Crippen molar-refractivity contribution in [2.24, 2.45) is 35.5 Å². The first-order valence-electron chi connectivity index (χ1n) is 29.5. The van der Waals surface area contributed by atoms with Gasteiger partial charge in [0.15, 0.2) is 0 Å². The molecule has 6 aromatic rings. The van der Waals surface area contributed by atoms with Gasteiger partial charge < -0.3 is 39.9 Å². The number of fused-ring (bicyclic) bond motifs is 2. The molecule has 4 bridgehead atoms. The van der Waals surface area contributed by atoms with E-state index in [4.69, 9.17) is 19.4 Å². The van der Waals surface area contributed by atoms with Gasteiger partial charge in [-0.15, -0.1) is 0 Å². The lowest BCUT2D eigenvalue weighted by molar-refractivity contribution is -0.244. The second-order valence-corrected chi connectivity index (χ2v) is 26.2. The van der Waals surface area contributed by atoms with Crippen LogP contribution < -0.4 is 10.6 Å². The van der Waals surface area contributed by atoms with Gasteiger partial charge in [0.2, 0.25) is 17.4 Å². The Morgan fingerprint density at radius 1 is 0.593 bits per heavy atom.